The van der Waals surface area contributed by atoms with Gasteiger partial charge in [-0.15, -0.1) is 0 Å². The molecule has 1 fully saturated rings. The number of aryl methyl sites for hydroxylation is 1. The fourth-order valence-electron chi connectivity index (χ4n) is 3.80. The van der Waals surface area contributed by atoms with Crippen LogP contribution in [0.3, 0.4) is 0 Å². The number of hydrogen-bond acceptors (Lipinski definition) is 3. The minimum Gasteiger partial charge on any atom is -0.497 e. The van der Waals surface area contributed by atoms with E-state index in [1.165, 1.54) is 49.9 Å². The first kappa shape index (κ1) is 13.9. The Kier molecular flexibility index (Phi) is 4.27. The number of ether oxygens (including phenoxy) is 1. The Balaban J connectivity index is 1.86. The number of rotatable bonds is 5. The predicted octanol–water partition coefficient (Wildman–Crippen LogP) is 2.76. The van der Waals surface area contributed by atoms with E-state index in [0.29, 0.717) is 12.1 Å². The molecule has 0 aromatic heterocycles. The summed E-state index contributed by atoms with van der Waals surface area (Å²) in [6.07, 6.45) is 4.99. The molecule has 1 aromatic carbocycles. The van der Waals surface area contributed by atoms with Gasteiger partial charge in [0.15, 0.2) is 0 Å². The molecule has 0 bridgehead atoms. The number of fused-ring (bicyclic) bond motifs is 1. The molecule has 1 heterocycles. The van der Waals surface area contributed by atoms with Crippen molar-refractivity contribution in [1.82, 2.24) is 10.2 Å². The third-order valence-electron chi connectivity index (χ3n) is 4.78. The highest BCUT2D eigenvalue weighted by atomic mass is 16.5. The SMILES string of the molecule is CCCN(C1CCNC1)C1CCc2ccc(OC)cc21. The van der Waals surface area contributed by atoms with E-state index >= 15 is 0 Å². The molecule has 3 heteroatoms. The summed E-state index contributed by atoms with van der Waals surface area (Å²) < 4.78 is 5.42. The summed E-state index contributed by atoms with van der Waals surface area (Å²) in [4.78, 5) is 2.74. The number of nitrogens with zero attached hydrogens (tertiary/aromatic N) is 1. The van der Waals surface area contributed by atoms with Crippen LogP contribution in [0.5, 0.6) is 5.75 Å². The Bertz CT molecular complexity index is 454. The van der Waals surface area contributed by atoms with E-state index in [4.69, 9.17) is 4.74 Å². The van der Waals surface area contributed by atoms with Gasteiger partial charge in [0, 0.05) is 18.6 Å². The first-order chi connectivity index (χ1) is 9.83. The third kappa shape index (κ3) is 2.57. The largest absolute Gasteiger partial charge is 0.497 e. The lowest BCUT2D eigenvalue weighted by Crippen LogP contribution is -2.39. The Hall–Kier alpha value is -1.06. The smallest absolute Gasteiger partial charge is 0.119 e. The summed E-state index contributed by atoms with van der Waals surface area (Å²) in [7, 11) is 1.76. The topological polar surface area (TPSA) is 24.5 Å². The van der Waals surface area contributed by atoms with Gasteiger partial charge in [0.25, 0.3) is 0 Å². The molecule has 1 aliphatic carbocycles. The number of nitrogens with one attached hydrogen (secondary N) is 1. The molecule has 110 valence electrons. The molecule has 1 saturated heterocycles. The minimum atomic E-state index is 0.588. The van der Waals surface area contributed by atoms with Crippen molar-refractivity contribution >= 4 is 0 Å². The van der Waals surface area contributed by atoms with Gasteiger partial charge in [0.2, 0.25) is 0 Å². The molecule has 2 atom stereocenters. The molecule has 3 rings (SSSR count). The quantitative estimate of drug-likeness (QED) is 0.893. The van der Waals surface area contributed by atoms with E-state index in [2.05, 4.69) is 35.3 Å². The van der Waals surface area contributed by atoms with Crippen LogP contribution in [-0.4, -0.2) is 37.7 Å². The highest BCUT2D eigenvalue weighted by Gasteiger charge is 2.33. The molecule has 2 aliphatic rings. The zero-order chi connectivity index (χ0) is 13.9. The third-order valence-corrected chi connectivity index (χ3v) is 4.78. The van der Waals surface area contributed by atoms with Gasteiger partial charge in [0.1, 0.15) is 5.75 Å². The predicted molar refractivity (Wildman–Crippen MR) is 82.3 cm³/mol. The molecule has 0 spiro atoms. The fraction of sp³-hybridized carbons (Fsp3) is 0.647. The Labute approximate surface area is 122 Å². The lowest BCUT2D eigenvalue weighted by atomic mass is 10.0. The Morgan fingerprint density at radius 2 is 2.25 bits per heavy atom. The van der Waals surface area contributed by atoms with Crippen molar-refractivity contribution in [1.29, 1.82) is 0 Å². The van der Waals surface area contributed by atoms with E-state index in [-0.39, 0.29) is 0 Å². The number of methoxy groups -OCH3 is 1. The van der Waals surface area contributed by atoms with Crippen LogP contribution in [0.4, 0.5) is 0 Å². The highest BCUT2D eigenvalue weighted by Crippen LogP contribution is 2.39. The van der Waals surface area contributed by atoms with E-state index in [0.717, 1.165) is 12.3 Å². The Morgan fingerprint density at radius 1 is 1.35 bits per heavy atom. The van der Waals surface area contributed by atoms with Crippen molar-refractivity contribution in [3.63, 3.8) is 0 Å². The van der Waals surface area contributed by atoms with E-state index in [1.54, 1.807) is 7.11 Å². The van der Waals surface area contributed by atoms with Crippen LogP contribution >= 0.6 is 0 Å². The van der Waals surface area contributed by atoms with Crippen LogP contribution in [0.15, 0.2) is 18.2 Å². The summed E-state index contributed by atoms with van der Waals surface area (Å²) in [5.74, 6) is 0.997. The highest BCUT2D eigenvalue weighted by molar-refractivity contribution is 5.41. The van der Waals surface area contributed by atoms with Crippen LogP contribution in [0, 0.1) is 0 Å². The van der Waals surface area contributed by atoms with Gasteiger partial charge in [-0.3, -0.25) is 4.90 Å². The zero-order valence-corrected chi connectivity index (χ0v) is 12.7. The second-order valence-corrected chi connectivity index (χ2v) is 6.00. The van der Waals surface area contributed by atoms with Crippen molar-refractivity contribution in [2.45, 2.75) is 44.7 Å². The molecular weight excluding hydrogens is 248 g/mol. The van der Waals surface area contributed by atoms with Gasteiger partial charge in [-0.2, -0.15) is 0 Å². The van der Waals surface area contributed by atoms with Gasteiger partial charge >= 0.3 is 0 Å². The minimum absolute atomic E-state index is 0.588. The first-order valence-electron chi connectivity index (χ1n) is 7.96. The fourth-order valence-corrected chi connectivity index (χ4v) is 3.80. The number of hydrogen-bond donors (Lipinski definition) is 1. The summed E-state index contributed by atoms with van der Waals surface area (Å²) in [5.41, 5.74) is 3.02. The summed E-state index contributed by atoms with van der Waals surface area (Å²) >= 11 is 0. The van der Waals surface area contributed by atoms with Gasteiger partial charge in [0.05, 0.1) is 7.11 Å². The summed E-state index contributed by atoms with van der Waals surface area (Å²) in [6, 6.07) is 7.91. The van der Waals surface area contributed by atoms with Crippen LogP contribution in [0.25, 0.3) is 0 Å². The van der Waals surface area contributed by atoms with Crippen molar-refractivity contribution < 1.29 is 4.74 Å². The second kappa shape index (κ2) is 6.15. The maximum atomic E-state index is 5.42. The van der Waals surface area contributed by atoms with Gasteiger partial charge < -0.3 is 10.1 Å². The average Bonchev–Trinajstić information content (AvgIpc) is 3.14. The lowest BCUT2D eigenvalue weighted by molar-refractivity contribution is 0.142. The molecule has 0 amide bonds. The second-order valence-electron chi connectivity index (χ2n) is 6.00. The molecule has 1 N–H and O–H groups in total. The monoisotopic (exact) mass is 274 g/mol. The van der Waals surface area contributed by atoms with Crippen molar-refractivity contribution in [2.75, 3.05) is 26.7 Å². The summed E-state index contributed by atoms with van der Waals surface area (Å²) in [5, 5.41) is 3.51. The maximum Gasteiger partial charge on any atom is 0.119 e. The first-order valence-corrected chi connectivity index (χ1v) is 7.96. The average molecular weight is 274 g/mol. The molecule has 0 radical (unpaired) electrons. The molecule has 20 heavy (non-hydrogen) atoms. The van der Waals surface area contributed by atoms with E-state index in [1.807, 2.05) is 0 Å². The summed E-state index contributed by atoms with van der Waals surface area (Å²) in [6.45, 7) is 5.81. The van der Waals surface area contributed by atoms with Gasteiger partial charge in [-0.1, -0.05) is 13.0 Å². The van der Waals surface area contributed by atoms with Crippen LogP contribution in [0.2, 0.25) is 0 Å². The van der Waals surface area contributed by atoms with Crippen LogP contribution in [-0.2, 0) is 6.42 Å². The van der Waals surface area contributed by atoms with E-state index < -0.39 is 0 Å². The molecule has 3 nitrogen and oxygen atoms in total. The number of benzene rings is 1. The van der Waals surface area contributed by atoms with Crippen LogP contribution < -0.4 is 10.1 Å². The molecule has 1 aromatic rings. The molecule has 0 saturated carbocycles. The molecule has 2 unspecified atom stereocenters. The standard InChI is InChI=1S/C17H26N2O/c1-3-10-19(14-8-9-18-12-14)17-7-5-13-4-6-15(20-2)11-16(13)17/h4,6,11,14,17-18H,3,5,7-10,12H2,1-2H3. The van der Waals surface area contributed by atoms with Gasteiger partial charge in [-0.25, -0.2) is 0 Å². The lowest BCUT2D eigenvalue weighted by Gasteiger charge is -2.34. The van der Waals surface area contributed by atoms with E-state index in [9.17, 15) is 0 Å². The molecule has 1 aliphatic heterocycles. The van der Waals surface area contributed by atoms with Crippen molar-refractivity contribution in [3.05, 3.63) is 29.3 Å². The normalized spacial score (nSPS) is 25.1. The zero-order valence-electron chi connectivity index (χ0n) is 12.7. The van der Waals surface area contributed by atoms with Crippen LogP contribution in [0.1, 0.15) is 43.4 Å². The Morgan fingerprint density at radius 3 is 2.95 bits per heavy atom. The van der Waals surface area contributed by atoms with Gasteiger partial charge in [-0.05, 0) is 62.0 Å². The van der Waals surface area contributed by atoms with Crippen molar-refractivity contribution in [3.8, 4) is 5.75 Å². The maximum absolute atomic E-state index is 5.42. The van der Waals surface area contributed by atoms with Crippen molar-refractivity contribution in [2.24, 2.45) is 0 Å². The molecular formula is C17H26N2O.